The van der Waals surface area contributed by atoms with Crippen LogP contribution in [0.3, 0.4) is 0 Å². The second kappa shape index (κ2) is 9.52. The van der Waals surface area contributed by atoms with E-state index >= 15 is 0 Å². The summed E-state index contributed by atoms with van der Waals surface area (Å²) in [5, 5.41) is 12.2. The predicted molar refractivity (Wildman–Crippen MR) is 104 cm³/mol. The van der Waals surface area contributed by atoms with Crippen LogP contribution in [0.25, 0.3) is 10.1 Å². The summed E-state index contributed by atoms with van der Waals surface area (Å²) in [4.78, 5) is 24.1. The number of nitrogens with zero attached hydrogens (tertiary/aromatic N) is 1. The number of thiophene rings is 1. The number of carbonyl (C=O) groups is 1. The van der Waals surface area contributed by atoms with Crippen molar-refractivity contribution in [2.75, 3.05) is 14.2 Å². The first-order valence-corrected chi connectivity index (χ1v) is 9.66. The second-order valence-corrected chi connectivity index (χ2v) is 7.37. The lowest BCUT2D eigenvalue weighted by Gasteiger charge is -2.08. The predicted octanol–water partition coefficient (Wildman–Crippen LogP) is 5.30. The fourth-order valence-electron chi connectivity index (χ4n) is 2.99. The zero-order valence-corrected chi connectivity index (χ0v) is 16.3. The van der Waals surface area contributed by atoms with Gasteiger partial charge in [0.15, 0.2) is 5.75 Å². The summed E-state index contributed by atoms with van der Waals surface area (Å²) >= 11 is 1.28. The highest BCUT2D eigenvalue weighted by atomic mass is 32.1. The third-order valence-corrected chi connectivity index (χ3v) is 5.45. The average molecular weight is 379 g/mol. The van der Waals surface area contributed by atoms with Crippen molar-refractivity contribution < 1.29 is 19.2 Å². The van der Waals surface area contributed by atoms with E-state index in [2.05, 4.69) is 6.92 Å². The molecule has 0 radical (unpaired) electrons. The highest BCUT2D eigenvalue weighted by molar-refractivity contribution is 7.19. The van der Waals surface area contributed by atoms with Crippen LogP contribution in [0.5, 0.6) is 11.5 Å². The number of hydrogen-bond donors (Lipinski definition) is 0. The molecule has 0 aliphatic heterocycles. The van der Waals surface area contributed by atoms with Gasteiger partial charge in [0.1, 0.15) is 10.5 Å². The molecule has 1 heterocycles. The lowest BCUT2D eigenvalue weighted by Crippen LogP contribution is -2.00. The van der Waals surface area contributed by atoms with Gasteiger partial charge in [-0.15, -0.1) is 11.3 Å². The zero-order valence-electron chi connectivity index (χ0n) is 15.5. The molecule has 0 saturated carbocycles. The van der Waals surface area contributed by atoms with E-state index in [1.807, 2.05) is 6.07 Å². The van der Waals surface area contributed by atoms with E-state index in [1.165, 1.54) is 44.8 Å². The number of unbranched alkanes of at least 4 members (excludes halogenated alkanes) is 4. The molecule has 2 rings (SSSR count). The molecule has 1 aromatic heterocycles. The Labute approximate surface area is 157 Å². The number of nitro groups is 1. The molecule has 0 aliphatic rings. The number of methoxy groups -OCH3 is 2. The maximum Gasteiger partial charge on any atom is 0.332 e. The summed E-state index contributed by atoms with van der Waals surface area (Å²) in [5.41, 5.74) is -0.106. The van der Waals surface area contributed by atoms with E-state index in [9.17, 15) is 14.9 Å². The van der Waals surface area contributed by atoms with Gasteiger partial charge in [-0.2, -0.15) is 0 Å². The molecule has 0 N–H and O–H groups in total. The van der Waals surface area contributed by atoms with Crippen molar-refractivity contribution >= 4 is 32.9 Å². The number of nitro benzene ring substituents is 1. The number of ether oxygens (including phenoxy) is 2. The minimum Gasteiger partial charge on any atom is -0.493 e. The Morgan fingerprint density at radius 3 is 2.50 bits per heavy atom. The van der Waals surface area contributed by atoms with Crippen molar-refractivity contribution in [1.29, 1.82) is 0 Å². The first-order valence-electron chi connectivity index (χ1n) is 8.85. The SMILES string of the molecule is CCCCCCCC(=O)Cc1cc2cc(OC)c(OC)c([N+](=O)[O-])c2s1. The van der Waals surface area contributed by atoms with Gasteiger partial charge in [0.05, 0.1) is 19.1 Å². The standard InChI is InChI=1S/C19H25NO5S/c1-4-5-6-7-8-9-14(21)12-15-10-13-11-16(24-2)18(25-3)17(20(22)23)19(13)26-15/h10-11H,4-9,12H2,1-3H3. The molecule has 0 aliphatic carbocycles. The maximum absolute atomic E-state index is 12.2. The average Bonchev–Trinajstić information content (AvgIpc) is 3.00. The van der Waals surface area contributed by atoms with E-state index in [0.29, 0.717) is 28.7 Å². The molecule has 2 aromatic rings. The van der Waals surface area contributed by atoms with Crippen molar-refractivity contribution in [3.8, 4) is 11.5 Å². The van der Waals surface area contributed by atoms with Crippen molar-refractivity contribution in [1.82, 2.24) is 0 Å². The summed E-state index contributed by atoms with van der Waals surface area (Å²) in [6.07, 6.45) is 6.41. The van der Waals surface area contributed by atoms with Crippen LogP contribution in [0, 0.1) is 10.1 Å². The van der Waals surface area contributed by atoms with Crippen molar-refractivity contribution in [2.45, 2.75) is 51.9 Å². The van der Waals surface area contributed by atoms with Crippen LogP contribution in [0.2, 0.25) is 0 Å². The molecule has 0 spiro atoms. The van der Waals surface area contributed by atoms with Crippen LogP contribution < -0.4 is 9.47 Å². The molecule has 26 heavy (non-hydrogen) atoms. The molecule has 0 atom stereocenters. The van der Waals surface area contributed by atoms with Crippen LogP contribution in [0.1, 0.15) is 50.3 Å². The van der Waals surface area contributed by atoms with Crippen molar-refractivity contribution in [3.63, 3.8) is 0 Å². The van der Waals surface area contributed by atoms with Crippen LogP contribution in [-0.2, 0) is 11.2 Å². The van der Waals surface area contributed by atoms with Crippen LogP contribution in [0.4, 0.5) is 5.69 Å². The molecule has 0 unspecified atom stereocenters. The van der Waals surface area contributed by atoms with E-state index < -0.39 is 4.92 Å². The Kier molecular flexibility index (Phi) is 7.38. The zero-order chi connectivity index (χ0) is 19.1. The van der Waals surface area contributed by atoms with Crippen molar-refractivity contribution in [2.24, 2.45) is 0 Å². The van der Waals surface area contributed by atoms with Gasteiger partial charge in [-0.25, -0.2) is 0 Å². The van der Waals surface area contributed by atoms with Gasteiger partial charge in [0.2, 0.25) is 5.75 Å². The van der Waals surface area contributed by atoms with E-state index in [-0.39, 0.29) is 17.2 Å². The normalized spacial score (nSPS) is 10.9. The molecular formula is C19H25NO5S. The number of benzene rings is 1. The minimum atomic E-state index is -0.459. The lowest BCUT2D eigenvalue weighted by atomic mass is 10.1. The number of carbonyl (C=O) groups excluding carboxylic acids is 1. The Morgan fingerprint density at radius 2 is 1.88 bits per heavy atom. The van der Waals surface area contributed by atoms with Gasteiger partial charge in [0, 0.05) is 23.1 Å². The second-order valence-electron chi connectivity index (χ2n) is 6.23. The molecule has 0 fully saturated rings. The number of hydrogen-bond acceptors (Lipinski definition) is 6. The number of ketones is 1. The third kappa shape index (κ3) is 4.72. The maximum atomic E-state index is 12.2. The summed E-state index contributed by atoms with van der Waals surface area (Å²) < 4.78 is 10.9. The van der Waals surface area contributed by atoms with Gasteiger partial charge in [-0.05, 0) is 18.6 Å². The van der Waals surface area contributed by atoms with Gasteiger partial charge in [0.25, 0.3) is 0 Å². The first kappa shape index (κ1) is 20.2. The fourth-order valence-corrected chi connectivity index (χ4v) is 4.17. The number of Topliss-reactive ketones (excluding diaryl/α,β-unsaturated/α-hetero) is 1. The Hall–Kier alpha value is -2.15. The largest absolute Gasteiger partial charge is 0.493 e. The molecular weight excluding hydrogens is 354 g/mol. The van der Waals surface area contributed by atoms with E-state index in [0.717, 1.165) is 17.7 Å². The fraction of sp³-hybridized carbons (Fsp3) is 0.526. The van der Waals surface area contributed by atoms with Gasteiger partial charge in [-0.3, -0.25) is 14.9 Å². The highest BCUT2D eigenvalue weighted by Crippen LogP contribution is 2.46. The number of rotatable bonds is 11. The van der Waals surface area contributed by atoms with Gasteiger partial charge < -0.3 is 9.47 Å². The first-order chi connectivity index (χ1) is 12.5. The Balaban J connectivity index is 2.19. The van der Waals surface area contributed by atoms with Crippen molar-refractivity contribution in [3.05, 3.63) is 27.1 Å². The number of fused-ring (bicyclic) bond motifs is 1. The monoisotopic (exact) mass is 379 g/mol. The summed E-state index contributed by atoms with van der Waals surface area (Å²) in [6, 6.07) is 3.56. The van der Waals surface area contributed by atoms with Crippen LogP contribution in [-0.4, -0.2) is 24.9 Å². The van der Waals surface area contributed by atoms with Crippen LogP contribution in [0.15, 0.2) is 12.1 Å². The minimum absolute atomic E-state index is 0.106. The topological polar surface area (TPSA) is 78.7 Å². The highest BCUT2D eigenvalue weighted by Gasteiger charge is 2.26. The Morgan fingerprint density at radius 1 is 1.15 bits per heavy atom. The van der Waals surface area contributed by atoms with Crippen LogP contribution >= 0.6 is 11.3 Å². The molecule has 142 valence electrons. The van der Waals surface area contributed by atoms with Gasteiger partial charge >= 0.3 is 5.69 Å². The Bertz CT molecular complexity index is 784. The molecule has 0 saturated heterocycles. The summed E-state index contributed by atoms with van der Waals surface area (Å²) in [6.45, 7) is 2.16. The van der Waals surface area contributed by atoms with Gasteiger partial charge in [-0.1, -0.05) is 32.6 Å². The molecule has 7 heteroatoms. The molecule has 6 nitrogen and oxygen atoms in total. The molecule has 1 aromatic carbocycles. The van der Waals surface area contributed by atoms with E-state index in [4.69, 9.17) is 9.47 Å². The summed E-state index contributed by atoms with van der Waals surface area (Å²) in [7, 11) is 2.83. The lowest BCUT2D eigenvalue weighted by molar-refractivity contribution is -0.383. The third-order valence-electron chi connectivity index (χ3n) is 4.29. The quantitative estimate of drug-likeness (QED) is 0.301. The summed E-state index contributed by atoms with van der Waals surface area (Å²) in [5.74, 6) is 0.605. The van der Waals surface area contributed by atoms with E-state index in [1.54, 1.807) is 6.07 Å². The smallest absolute Gasteiger partial charge is 0.332 e. The molecule has 0 bridgehead atoms. The molecule has 0 amide bonds.